The zero-order valence-electron chi connectivity index (χ0n) is 39.3. The fraction of sp³-hybridized carbons (Fsp3) is 0.471. The summed E-state index contributed by atoms with van der Waals surface area (Å²) in [6.45, 7) is 15.1. The van der Waals surface area contributed by atoms with E-state index in [0.29, 0.717) is 24.8 Å². The van der Waals surface area contributed by atoms with Gasteiger partial charge in [-0.3, -0.25) is 9.69 Å². The molecule has 17 heteroatoms. The lowest BCUT2D eigenvalue weighted by Crippen LogP contribution is -2.47. The molecule has 4 aromatic rings. The molecule has 0 spiro atoms. The summed E-state index contributed by atoms with van der Waals surface area (Å²) in [6, 6.07) is 27.0. The molecule has 2 fully saturated rings. The van der Waals surface area contributed by atoms with Crippen LogP contribution in [0.2, 0.25) is 5.02 Å². The van der Waals surface area contributed by atoms with E-state index in [-0.39, 0.29) is 34.9 Å². The van der Waals surface area contributed by atoms with Gasteiger partial charge in [0.05, 0.1) is 27.7 Å². The smallest absolute Gasteiger partial charge is 0.341 e. The molecular formula is C51H64ClF2N5O6S3. The zero-order chi connectivity index (χ0) is 48.6. The number of nitrogens with one attached hydrogen (secondary N) is 2. The standard InChI is InChI=1S/C51H64ClF2N5O6S3/c1-36(2)65-43-22-26-57(27-23-43)25-21-41(35-66-44-8-6-5-7-9-44)55-47-19-18-45(32-48(47)67(61,62)50(53)54)68(63,64)56-49(60)38-12-16-42(17-13-38)59-30-28-58(29-31-59)34-39-33-51(3,4)24-20-46(39)37-10-14-40(52)15-11-37/h5-19,32,36,41,43,50,55H,20-31,33-35H2,1-4H3,(H,56,60)/t41-/m1/s1. The molecule has 2 N–H and O–H groups in total. The maximum Gasteiger partial charge on any atom is 0.341 e. The number of nitrogens with zero attached hydrogens (tertiary/aromatic N) is 3. The van der Waals surface area contributed by atoms with Crippen LogP contribution in [0.1, 0.15) is 82.1 Å². The van der Waals surface area contributed by atoms with Gasteiger partial charge in [-0.25, -0.2) is 21.6 Å². The van der Waals surface area contributed by atoms with Crippen LogP contribution >= 0.6 is 23.4 Å². The van der Waals surface area contributed by atoms with E-state index in [0.717, 1.165) is 99.6 Å². The summed E-state index contributed by atoms with van der Waals surface area (Å²) >= 11 is 7.74. The molecule has 11 nitrogen and oxygen atoms in total. The summed E-state index contributed by atoms with van der Waals surface area (Å²) in [7, 11) is -10.0. The third kappa shape index (κ3) is 13.8. The molecule has 0 saturated carbocycles. The molecule has 1 amide bonds. The number of amides is 1. The zero-order valence-corrected chi connectivity index (χ0v) is 42.5. The number of sulfone groups is 1. The van der Waals surface area contributed by atoms with Gasteiger partial charge in [0.15, 0.2) is 0 Å². The number of carbonyl (C=O) groups is 1. The Morgan fingerprint density at radius 1 is 0.868 bits per heavy atom. The van der Waals surface area contributed by atoms with E-state index < -0.39 is 41.3 Å². The van der Waals surface area contributed by atoms with Crippen LogP contribution in [0.15, 0.2) is 117 Å². The van der Waals surface area contributed by atoms with Crippen molar-refractivity contribution in [1.82, 2.24) is 14.5 Å². The number of piperidine rings is 1. The first kappa shape index (κ1) is 51.8. The summed E-state index contributed by atoms with van der Waals surface area (Å²) in [5.74, 6) is -4.29. The minimum absolute atomic E-state index is 0.0617. The van der Waals surface area contributed by atoms with Gasteiger partial charge in [-0.05, 0) is 136 Å². The topological polar surface area (TPSA) is 128 Å². The Morgan fingerprint density at radius 3 is 2.19 bits per heavy atom. The van der Waals surface area contributed by atoms with Gasteiger partial charge in [0, 0.05) is 85.3 Å². The number of carbonyl (C=O) groups excluding carboxylic acids is 1. The van der Waals surface area contributed by atoms with Gasteiger partial charge in [-0.1, -0.05) is 61.4 Å². The monoisotopic (exact) mass is 1010 g/mol. The molecule has 2 saturated heterocycles. The van der Waals surface area contributed by atoms with E-state index in [2.05, 4.69) is 46.0 Å². The molecule has 368 valence electrons. The molecule has 4 aromatic carbocycles. The van der Waals surface area contributed by atoms with E-state index in [1.807, 2.05) is 61.0 Å². The maximum atomic E-state index is 14.3. The predicted molar refractivity (Wildman–Crippen MR) is 270 cm³/mol. The molecule has 3 aliphatic rings. The Bertz CT molecular complexity index is 2590. The molecule has 0 aromatic heterocycles. The second-order valence-electron chi connectivity index (χ2n) is 19.1. The van der Waals surface area contributed by atoms with E-state index in [4.69, 9.17) is 16.3 Å². The number of alkyl halides is 2. The number of hydrogen-bond donors (Lipinski definition) is 2. The normalized spacial score (nSPS) is 18.3. The van der Waals surface area contributed by atoms with Crippen LogP contribution in [-0.2, 0) is 24.6 Å². The van der Waals surface area contributed by atoms with E-state index in [9.17, 15) is 30.4 Å². The number of likely N-dealkylation sites (tertiary alicyclic amines) is 1. The molecule has 2 heterocycles. The summed E-state index contributed by atoms with van der Waals surface area (Å²) in [5.41, 5.74) is 5.14. The van der Waals surface area contributed by atoms with Gasteiger partial charge >= 0.3 is 5.76 Å². The first-order chi connectivity index (χ1) is 32.3. The third-order valence-electron chi connectivity index (χ3n) is 13.0. The Balaban J connectivity index is 0.999. The summed E-state index contributed by atoms with van der Waals surface area (Å²) in [4.78, 5) is 19.9. The van der Waals surface area contributed by atoms with Crippen LogP contribution in [0.4, 0.5) is 20.2 Å². The fourth-order valence-electron chi connectivity index (χ4n) is 9.30. The van der Waals surface area contributed by atoms with Crippen molar-refractivity contribution >= 4 is 66.1 Å². The van der Waals surface area contributed by atoms with Gasteiger partial charge in [0.1, 0.15) is 0 Å². The van der Waals surface area contributed by atoms with Crippen LogP contribution in [0, 0.1) is 5.41 Å². The maximum absolute atomic E-state index is 14.3. The van der Waals surface area contributed by atoms with Gasteiger partial charge < -0.3 is 19.9 Å². The Morgan fingerprint density at radius 2 is 1.54 bits per heavy atom. The fourth-order valence-corrected chi connectivity index (χ4v) is 12.4. The minimum Gasteiger partial charge on any atom is -0.380 e. The van der Waals surface area contributed by atoms with Crippen molar-refractivity contribution in [3.8, 4) is 0 Å². The van der Waals surface area contributed by atoms with Crippen molar-refractivity contribution in [2.24, 2.45) is 5.41 Å². The highest BCUT2D eigenvalue weighted by Gasteiger charge is 2.33. The number of rotatable bonds is 19. The van der Waals surface area contributed by atoms with E-state index in [1.54, 1.807) is 12.1 Å². The van der Waals surface area contributed by atoms with Crippen LogP contribution in [0.5, 0.6) is 0 Å². The first-order valence-electron chi connectivity index (χ1n) is 23.4. The van der Waals surface area contributed by atoms with Crippen molar-refractivity contribution in [2.45, 2.75) is 105 Å². The van der Waals surface area contributed by atoms with Crippen LogP contribution < -0.4 is 14.9 Å². The largest absolute Gasteiger partial charge is 0.380 e. The first-order valence-corrected chi connectivity index (χ1v) is 27.8. The Hall–Kier alpha value is -4.03. The van der Waals surface area contributed by atoms with E-state index >= 15 is 0 Å². The SMILES string of the molecule is CC(C)OC1CCN(CC[C@H](CSc2ccccc2)Nc2ccc(S(=O)(=O)NC(=O)c3ccc(N4CCN(CC5=C(c6ccc(Cl)cc6)CCC(C)(C)C5)CC4)cc3)cc2S(=O)(=O)C(F)F)CC1. The molecule has 0 bridgehead atoms. The lowest BCUT2D eigenvalue weighted by Gasteiger charge is -2.39. The number of thioether (sulfide) groups is 1. The number of allylic oxidation sites excluding steroid dienone is 1. The molecule has 1 atom stereocenters. The van der Waals surface area contributed by atoms with E-state index in [1.165, 1.54) is 46.7 Å². The lowest BCUT2D eigenvalue weighted by atomic mass is 9.73. The van der Waals surface area contributed by atoms with Gasteiger partial charge in [0.25, 0.3) is 15.9 Å². The van der Waals surface area contributed by atoms with Crippen LogP contribution in [0.25, 0.3) is 5.57 Å². The average molecular weight is 1010 g/mol. The quantitative estimate of drug-likeness (QED) is 0.0872. The number of halogens is 3. The number of sulfonamides is 1. The van der Waals surface area contributed by atoms with Crippen molar-refractivity contribution in [2.75, 3.05) is 68.3 Å². The number of piperazine rings is 1. The predicted octanol–water partition coefficient (Wildman–Crippen LogP) is 10.1. The third-order valence-corrected chi connectivity index (χ3v) is 17.2. The lowest BCUT2D eigenvalue weighted by molar-refractivity contribution is -0.0268. The number of benzene rings is 4. The molecule has 1 aliphatic carbocycles. The Labute approximate surface area is 411 Å². The average Bonchev–Trinajstić information content (AvgIpc) is 3.31. The van der Waals surface area contributed by atoms with Gasteiger partial charge in [-0.15, -0.1) is 11.8 Å². The summed E-state index contributed by atoms with van der Waals surface area (Å²) in [6.07, 6.45) is 5.84. The van der Waals surface area contributed by atoms with Crippen molar-refractivity contribution in [3.63, 3.8) is 0 Å². The molecule has 7 rings (SSSR count). The minimum atomic E-state index is -5.30. The number of hydrogen-bond acceptors (Lipinski definition) is 11. The molecule has 0 unspecified atom stereocenters. The van der Waals surface area contributed by atoms with Gasteiger partial charge in [-0.2, -0.15) is 8.78 Å². The molecule has 2 aliphatic heterocycles. The van der Waals surface area contributed by atoms with Crippen molar-refractivity contribution in [1.29, 1.82) is 0 Å². The highest BCUT2D eigenvalue weighted by molar-refractivity contribution is 7.99. The molecule has 68 heavy (non-hydrogen) atoms. The second-order valence-corrected chi connectivity index (χ2v) is 24.2. The van der Waals surface area contributed by atoms with Crippen molar-refractivity contribution in [3.05, 3.63) is 119 Å². The number of anilines is 2. The highest BCUT2D eigenvalue weighted by atomic mass is 35.5. The van der Waals surface area contributed by atoms with Crippen LogP contribution in [-0.4, -0.2) is 115 Å². The Kier molecular flexibility index (Phi) is 17.4. The van der Waals surface area contributed by atoms with Crippen LogP contribution in [0.3, 0.4) is 0 Å². The molecule has 0 radical (unpaired) electrons. The van der Waals surface area contributed by atoms with Crippen molar-refractivity contribution < 1.29 is 35.1 Å². The highest BCUT2D eigenvalue weighted by Crippen LogP contribution is 2.43. The molecular weight excluding hydrogens is 948 g/mol. The number of ether oxygens (including phenoxy) is 1. The summed E-state index contributed by atoms with van der Waals surface area (Å²) < 4.78 is 90.3. The summed E-state index contributed by atoms with van der Waals surface area (Å²) in [5, 5.41) is 3.91. The second kappa shape index (κ2) is 22.8. The van der Waals surface area contributed by atoms with Gasteiger partial charge in [0.2, 0.25) is 9.84 Å².